The van der Waals surface area contributed by atoms with E-state index in [0.717, 1.165) is 24.0 Å². The van der Waals surface area contributed by atoms with Gasteiger partial charge in [0.2, 0.25) is 10.0 Å². The molecule has 8 heteroatoms. The second kappa shape index (κ2) is 11.8. The number of methoxy groups -OCH3 is 1. The van der Waals surface area contributed by atoms with Crippen LogP contribution in [0.2, 0.25) is 0 Å². The Morgan fingerprint density at radius 3 is 2.56 bits per heavy atom. The van der Waals surface area contributed by atoms with Gasteiger partial charge in [-0.05, 0) is 42.9 Å². The molecule has 36 heavy (non-hydrogen) atoms. The second-order valence-electron chi connectivity index (χ2n) is 9.49. The van der Waals surface area contributed by atoms with Crippen LogP contribution in [0, 0.1) is 18.2 Å². The zero-order chi connectivity index (χ0) is 25.6. The SMILES string of the molecule is C#C[C@H]1CC[C@H](c2ccccc2)S(=O)(=O)N1Cc1ccc(C2(COCCOC)CCOCC2)cc1F. The molecule has 2 fully saturated rings. The van der Waals surface area contributed by atoms with E-state index in [0.29, 0.717) is 51.4 Å². The Balaban J connectivity index is 1.58. The van der Waals surface area contributed by atoms with Gasteiger partial charge in [0.05, 0.1) is 25.9 Å². The molecule has 0 spiro atoms. The van der Waals surface area contributed by atoms with Crippen LogP contribution in [0.3, 0.4) is 0 Å². The average molecular weight is 516 g/mol. The lowest BCUT2D eigenvalue weighted by atomic mass is 9.74. The normalized spacial score (nSPS) is 23.7. The molecule has 2 aliphatic heterocycles. The fourth-order valence-corrected chi connectivity index (χ4v) is 7.28. The summed E-state index contributed by atoms with van der Waals surface area (Å²) in [6.07, 6.45) is 8.11. The fourth-order valence-electron chi connectivity index (χ4n) is 5.18. The van der Waals surface area contributed by atoms with Gasteiger partial charge in [-0.3, -0.25) is 0 Å². The average Bonchev–Trinajstić information content (AvgIpc) is 2.89. The van der Waals surface area contributed by atoms with Gasteiger partial charge in [0.15, 0.2) is 0 Å². The number of sulfonamides is 1. The Hall–Kier alpha value is -2.28. The zero-order valence-corrected chi connectivity index (χ0v) is 21.5. The molecule has 0 bridgehead atoms. The molecule has 0 unspecified atom stereocenters. The van der Waals surface area contributed by atoms with E-state index in [1.165, 1.54) is 10.4 Å². The Bertz CT molecular complexity index is 1160. The number of terminal acetylenes is 1. The van der Waals surface area contributed by atoms with Crippen molar-refractivity contribution in [3.63, 3.8) is 0 Å². The molecule has 2 aliphatic rings. The van der Waals surface area contributed by atoms with Crippen LogP contribution < -0.4 is 0 Å². The molecule has 2 aromatic rings. The van der Waals surface area contributed by atoms with Gasteiger partial charge >= 0.3 is 0 Å². The Morgan fingerprint density at radius 2 is 1.89 bits per heavy atom. The number of nitrogens with zero attached hydrogens (tertiary/aromatic N) is 1. The van der Waals surface area contributed by atoms with Crippen LogP contribution in [-0.2, 0) is 36.2 Å². The van der Waals surface area contributed by atoms with Gasteiger partial charge < -0.3 is 14.2 Å². The lowest BCUT2D eigenvalue weighted by Gasteiger charge is -2.38. The highest BCUT2D eigenvalue weighted by Crippen LogP contribution is 2.39. The molecular weight excluding hydrogens is 481 g/mol. The highest BCUT2D eigenvalue weighted by Gasteiger charge is 2.42. The van der Waals surface area contributed by atoms with Crippen molar-refractivity contribution in [1.29, 1.82) is 0 Å². The number of halogens is 1. The van der Waals surface area contributed by atoms with E-state index in [-0.39, 0.29) is 12.0 Å². The first-order valence-electron chi connectivity index (χ1n) is 12.4. The van der Waals surface area contributed by atoms with Crippen LogP contribution in [-0.4, -0.2) is 58.9 Å². The molecule has 0 N–H and O–H groups in total. The van der Waals surface area contributed by atoms with Gasteiger partial charge in [0.1, 0.15) is 11.1 Å². The Morgan fingerprint density at radius 1 is 1.14 bits per heavy atom. The second-order valence-corrected chi connectivity index (χ2v) is 11.6. The lowest BCUT2D eigenvalue weighted by Crippen LogP contribution is -2.45. The fraction of sp³-hybridized carbons (Fsp3) is 0.500. The third-order valence-electron chi connectivity index (χ3n) is 7.35. The first-order valence-corrected chi connectivity index (χ1v) is 13.9. The molecule has 2 saturated heterocycles. The predicted molar refractivity (Wildman–Crippen MR) is 136 cm³/mol. The summed E-state index contributed by atoms with van der Waals surface area (Å²) < 4.78 is 60.5. The predicted octanol–water partition coefficient (Wildman–Crippen LogP) is 4.21. The van der Waals surface area contributed by atoms with E-state index in [1.807, 2.05) is 36.4 Å². The minimum atomic E-state index is -3.78. The molecule has 0 radical (unpaired) electrons. The molecule has 0 aliphatic carbocycles. The van der Waals surface area contributed by atoms with Gasteiger partial charge in [-0.1, -0.05) is 48.4 Å². The summed E-state index contributed by atoms with van der Waals surface area (Å²) in [6, 6.07) is 13.6. The van der Waals surface area contributed by atoms with Crippen LogP contribution in [0.1, 0.15) is 47.6 Å². The molecule has 2 heterocycles. The van der Waals surface area contributed by atoms with Crippen LogP contribution >= 0.6 is 0 Å². The molecule has 194 valence electrons. The van der Waals surface area contributed by atoms with E-state index in [4.69, 9.17) is 20.6 Å². The van der Waals surface area contributed by atoms with Gasteiger partial charge in [0.25, 0.3) is 0 Å². The van der Waals surface area contributed by atoms with Crippen molar-refractivity contribution in [2.24, 2.45) is 0 Å². The lowest BCUT2D eigenvalue weighted by molar-refractivity contribution is -0.0111. The number of ether oxygens (including phenoxy) is 3. The summed E-state index contributed by atoms with van der Waals surface area (Å²) >= 11 is 0. The van der Waals surface area contributed by atoms with E-state index in [1.54, 1.807) is 13.2 Å². The molecule has 2 aromatic carbocycles. The third kappa shape index (κ3) is 5.66. The maximum absolute atomic E-state index is 15.5. The topological polar surface area (TPSA) is 65.1 Å². The highest BCUT2D eigenvalue weighted by molar-refractivity contribution is 7.89. The maximum Gasteiger partial charge on any atom is 0.222 e. The standard InChI is InChI=1S/C28H34FNO5S/c1-3-25-11-12-27(22-7-5-4-6-8-22)36(31,32)30(25)20-23-9-10-24(19-26(23)29)28(13-15-34-16-14-28)21-35-18-17-33-2/h1,4-10,19,25,27H,11-18,20-21H2,2H3/t25-,27+/m0/s1. The summed E-state index contributed by atoms with van der Waals surface area (Å²) in [5, 5.41) is -0.694. The summed E-state index contributed by atoms with van der Waals surface area (Å²) in [7, 11) is -2.16. The Kier molecular flexibility index (Phi) is 8.81. The number of rotatable bonds is 9. The molecule has 0 amide bonds. The van der Waals surface area contributed by atoms with Gasteiger partial charge in [-0.15, -0.1) is 6.42 Å². The van der Waals surface area contributed by atoms with Crippen LogP contribution in [0.15, 0.2) is 48.5 Å². The monoisotopic (exact) mass is 515 g/mol. The highest BCUT2D eigenvalue weighted by atomic mass is 32.2. The van der Waals surface area contributed by atoms with Crippen molar-refractivity contribution < 1.29 is 27.0 Å². The number of hydrogen-bond donors (Lipinski definition) is 0. The van der Waals surface area contributed by atoms with E-state index in [9.17, 15) is 8.42 Å². The molecule has 6 nitrogen and oxygen atoms in total. The van der Waals surface area contributed by atoms with Crippen molar-refractivity contribution in [3.8, 4) is 12.3 Å². The largest absolute Gasteiger partial charge is 0.382 e. The van der Waals surface area contributed by atoms with E-state index in [2.05, 4.69) is 5.92 Å². The molecule has 0 aromatic heterocycles. The maximum atomic E-state index is 15.5. The van der Waals surface area contributed by atoms with Gasteiger partial charge in [-0.2, -0.15) is 4.31 Å². The molecule has 0 saturated carbocycles. The summed E-state index contributed by atoms with van der Waals surface area (Å²) in [4.78, 5) is 0. The molecular formula is C28H34FNO5S. The minimum absolute atomic E-state index is 0.104. The quantitative estimate of drug-likeness (QED) is 0.370. The summed E-state index contributed by atoms with van der Waals surface area (Å²) in [6.45, 7) is 2.44. The first kappa shape index (κ1) is 26.8. The van der Waals surface area contributed by atoms with E-state index < -0.39 is 27.1 Å². The number of benzene rings is 2. The summed E-state index contributed by atoms with van der Waals surface area (Å²) in [5.74, 6) is 2.17. The van der Waals surface area contributed by atoms with Crippen LogP contribution in [0.25, 0.3) is 0 Å². The van der Waals surface area contributed by atoms with Crippen LogP contribution in [0.5, 0.6) is 0 Å². The van der Waals surface area contributed by atoms with Crippen molar-refractivity contribution >= 4 is 10.0 Å². The minimum Gasteiger partial charge on any atom is -0.382 e. The number of hydrogen-bond acceptors (Lipinski definition) is 5. The summed E-state index contributed by atoms with van der Waals surface area (Å²) in [5.41, 5.74) is 1.51. The molecule has 2 atom stereocenters. The van der Waals surface area contributed by atoms with Crippen molar-refractivity contribution in [3.05, 3.63) is 71.0 Å². The van der Waals surface area contributed by atoms with Crippen molar-refractivity contribution in [2.45, 2.75) is 48.9 Å². The van der Waals surface area contributed by atoms with Crippen LogP contribution in [0.4, 0.5) is 4.39 Å². The van der Waals surface area contributed by atoms with E-state index >= 15 is 4.39 Å². The first-order chi connectivity index (χ1) is 17.4. The van der Waals surface area contributed by atoms with Gasteiger partial charge in [-0.25, -0.2) is 12.8 Å². The van der Waals surface area contributed by atoms with Crippen molar-refractivity contribution in [2.75, 3.05) is 40.1 Å². The zero-order valence-electron chi connectivity index (χ0n) is 20.7. The Labute approximate surface area is 213 Å². The van der Waals surface area contributed by atoms with Crippen molar-refractivity contribution in [1.82, 2.24) is 4.31 Å². The third-order valence-corrected chi connectivity index (χ3v) is 9.62. The smallest absolute Gasteiger partial charge is 0.222 e. The van der Waals surface area contributed by atoms with Gasteiger partial charge in [0, 0.05) is 37.8 Å². The molecule has 4 rings (SSSR count).